The van der Waals surface area contributed by atoms with E-state index in [0.29, 0.717) is 13.0 Å². The van der Waals surface area contributed by atoms with Crippen LogP contribution in [0.3, 0.4) is 0 Å². The highest BCUT2D eigenvalue weighted by Gasteiger charge is 2.39. The molecule has 1 amide bonds. The smallest absolute Gasteiger partial charge is 0.410 e. The van der Waals surface area contributed by atoms with Gasteiger partial charge in [-0.3, -0.25) is 14.3 Å². The molecular formula is C31H35N3O8. The Morgan fingerprint density at radius 1 is 0.976 bits per heavy atom. The van der Waals surface area contributed by atoms with Crippen LogP contribution < -0.4 is 10.3 Å². The Balaban J connectivity index is 1.72. The molecule has 0 aliphatic carbocycles. The molecule has 11 heteroatoms. The summed E-state index contributed by atoms with van der Waals surface area (Å²) in [6.07, 6.45) is -0.0890. The van der Waals surface area contributed by atoms with Crippen molar-refractivity contribution in [3.8, 4) is 5.75 Å². The first-order valence-corrected chi connectivity index (χ1v) is 13.6. The standard InChI is InChI=1S/C31H35N3O8/c1-31(2,3)42-30(38)34-17-16-22(40-19-20-12-8-6-9-13-20)18-23(34)26-32-24(29(37)39-5)25(27(35)33(26)4)41-28(36)21-14-10-7-11-15-21/h6-15,22-23H,16-19H2,1-5H3. The zero-order valence-corrected chi connectivity index (χ0v) is 24.4. The van der Waals surface area contributed by atoms with Crippen LogP contribution in [0, 0.1) is 0 Å². The lowest BCUT2D eigenvalue weighted by Gasteiger charge is -2.39. The lowest BCUT2D eigenvalue weighted by molar-refractivity contribution is -0.0391. The topological polar surface area (TPSA) is 126 Å². The molecule has 0 saturated carbocycles. The van der Waals surface area contributed by atoms with E-state index in [1.54, 1.807) is 39.0 Å². The molecule has 0 spiro atoms. The second-order valence-electron chi connectivity index (χ2n) is 10.9. The van der Waals surface area contributed by atoms with Crippen molar-refractivity contribution in [1.82, 2.24) is 14.5 Å². The van der Waals surface area contributed by atoms with Crippen LogP contribution in [-0.2, 0) is 27.9 Å². The average molecular weight is 578 g/mol. The van der Waals surface area contributed by atoms with Gasteiger partial charge >= 0.3 is 18.0 Å². The van der Waals surface area contributed by atoms with Gasteiger partial charge in [0, 0.05) is 20.0 Å². The van der Waals surface area contributed by atoms with Gasteiger partial charge in [0.1, 0.15) is 11.4 Å². The SMILES string of the molecule is COC(=O)c1nc(C2CC(OCc3ccccc3)CCN2C(=O)OC(C)(C)C)n(C)c(=O)c1OC(=O)c1ccccc1. The number of amides is 1. The first-order chi connectivity index (χ1) is 20.0. The second-order valence-corrected chi connectivity index (χ2v) is 10.9. The number of methoxy groups -OCH3 is 1. The molecule has 0 bridgehead atoms. The molecule has 2 atom stereocenters. The Kier molecular flexibility index (Phi) is 9.41. The Bertz CT molecular complexity index is 1480. The van der Waals surface area contributed by atoms with Crippen molar-refractivity contribution in [3.05, 3.63) is 93.7 Å². The van der Waals surface area contributed by atoms with Crippen LogP contribution in [0.25, 0.3) is 0 Å². The monoisotopic (exact) mass is 577 g/mol. The van der Waals surface area contributed by atoms with E-state index in [1.807, 2.05) is 30.3 Å². The quantitative estimate of drug-likeness (QED) is 0.375. The molecule has 1 aliphatic heterocycles. The van der Waals surface area contributed by atoms with Crippen LogP contribution in [0.15, 0.2) is 65.5 Å². The summed E-state index contributed by atoms with van der Waals surface area (Å²) in [5, 5.41) is 0. The number of esters is 2. The van der Waals surface area contributed by atoms with Crippen LogP contribution in [0.5, 0.6) is 5.75 Å². The third kappa shape index (κ3) is 7.22. The predicted octanol–water partition coefficient (Wildman–Crippen LogP) is 4.44. The molecule has 1 fully saturated rings. The molecular weight excluding hydrogens is 542 g/mol. The number of ether oxygens (including phenoxy) is 4. The van der Waals surface area contributed by atoms with E-state index in [0.717, 1.165) is 12.7 Å². The highest BCUT2D eigenvalue weighted by molar-refractivity contribution is 5.94. The number of nitrogens with zero attached hydrogens (tertiary/aromatic N) is 3. The molecule has 1 aliphatic rings. The van der Waals surface area contributed by atoms with E-state index in [2.05, 4.69) is 4.98 Å². The van der Waals surface area contributed by atoms with Crippen molar-refractivity contribution in [1.29, 1.82) is 0 Å². The van der Waals surface area contributed by atoms with Crippen molar-refractivity contribution in [3.63, 3.8) is 0 Å². The summed E-state index contributed by atoms with van der Waals surface area (Å²) in [4.78, 5) is 58.5. The molecule has 222 valence electrons. The molecule has 1 saturated heterocycles. The van der Waals surface area contributed by atoms with Crippen LogP contribution in [-0.4, -0.2) is 57.8 Å². The number of rotatable bonds is 7. The largest absolute Gasteiger partial charge is 0.464 e. The zero-order chi connectivity index (χ0) is 30.4. The van der Waals surface area contributed by atoms with E-state index in [4.69, 9.17) is 18.9 Å². The molecule has 0 radical (unpaired) electrons. The Hall–Kier alpha value is -4.51. The van der Waals surface area contributed by atoms with E-state index in [-0.39, 0.29) is 30.5 Å². The molecule has 2 unspecified atom stereocenters. The average Bonchev–Trinajstić information content (AvgIpc) is 2.98. The maximum Gasteiger partial charge on any atom is 0.410 e. The van der Waals surface area contributed by atoms with Gasteiger partial charge < -0.3 is 18.9 Å². The number of aromatic nitrogens is 2. The summed E-state index contributed by atoms with van der Waals surface area (Å²) in [6.45, 7) is 5.89. The minimum Gasteiger partial charge on any atom is -0.464 e. The fraction of sp³-hybridized carbons (Fsp3) is 0.387. The molecule has 0 N–H and O–H groups in total. The molecule has 2 heterocycles. The minimum atomic E-state index is -0.971. The van der Waals surface area contributed by atoms with Crippen LogP contribution in [0.2, 0.25) is 0 Å². The van der Waals surface area contributed by atoms with E-state index < -0.39 is 46.7 Å². The molecule has 42 heavy (non-hydrogen) atoms. The lowest BCUT2D eigenvalue weighted by atomic mass is 9.98. The number of carbonyl (C=O) groups excluding carboxylic acids is 3. The normalized spacial score (nSPS) is 16.9. The summed E-state index contributed by atoms with van der Waals surface area (Å²) in [7, 11) is 2.57. The number of likely N-dealkylation sites (tertiary alicyclic amines) is 1. The van der Waals surface area contributed by atoms with Gasteiger partial charge in [-0.25, -0.2) is 19.4 Å². The van der Waals surface area contributed by atoms with Crippen LogP contribution in [0.4, 0.5) is 4.79 Å². The maximum absolute atomic E-state index is 13.6. The fourth-order valence-electron chi connectivity index (χ4n) is 4.61. The fourth-order valence-corrected chi connectivity index (χ4v) is 4.61. The minimum absolute atomic E-state index is 0.0961. The van der Waals surface area contributed by atoms with Crippen molar-refractivity contribution < 1.29 is 33.3 Å². The molecule has 4 rings (SSSR count). The van der Waals surface area contributed by atoms with Gasteiger partial charge in [-0.05, 0) is 44.9 Å². The Morgan fingerprint density at radius 3 is 2.24 bits per heavy atom. The van der Waals surface area contributed by atoms with E-state index >= 15 is 0 Å². The van der Waals surface area contributed by atoms with E-state index in [1.165, 1.54) is 28.6 Å². The van der Waals surface area contributed by atoms with Gasteiger partial charge in [-0.1, -0.05) is 48.5 Å². The molecule has 2 aromatic carbocycles. The first-order valence-electron chi connectivity index (χ1n) is 13.6. The number of benzene rings is 2. The van der Waals surface area contributed by atoms with Gasteiger partial charge in [0.15, 0.2) is 5.69 Å². The van der Waals surface area contributed by atoms with Crippen molar-refractivity contribution in [2.45, 2.75) is 58.0 Å². The highest BCUT2D eigenvalue weighted by atomic mass is 16.6. The molecule has 1 aromatic heterocycles. The third-order valence-corrected chi connectivity index (χ3v) is 6.68. The Morgan fingerprint density at radius 2 is 1.62 bits per heavy atom. The predicted molar refractivity (Wildman–Crippen MR) is 152 cm³/mol. The molecule has 11 nitrogen and oxygen atoms in total. The van der Waals surface area contributed by atoms with Crippen molar-refractivity contribution in [2.24, 2.45) is 7.05 Å². The maximum atomic E-state index is 13.6. The van der Waals surface area contributed by atoms with Gasteiger partial charge in [-0.2, -0.15) is 0 Å². The number of piperidine rings is 1. The van der Waals surface area contributed by atoms with E-state index in [9.17, 15) is 19.2 Å². The van der Waals surface area contributed by atoms with Gasteiger partial charge in [-0.15, -0.1) is 0 Å². The summed E-state index contributed by atoms with van der Waals surface area (Å²) in [5.41, 5.74) is -0.862. The summed E-state index contributed by atoms with van der Waals surface area (Å²) in [6, 6.07) is 16.9. The van der Waals surface area contributed by atoms with Gasteiger partial charge in [0.25, 0.3) is 5.56 Å². The zero-order valence-electron chi connectivity index (χ0n) is 24.4. The van der Waals surface area contributed by atoms with Gasteiger partial charge in [0.2, 0.25) is 5.75 Å². The number of carbonyl (C=O) groups is 3. The summed E-state index contributed by atoms with van der Waals surface area (Å²) >= 11 is 0. The van der Waals surface area contributed by atoms with Gasteiger partial charge in [0.05, 0.1) is 31.4 Å². The van der Waals surface area contributed by atoms with Crippen LogP contribution in [0.1, 0.15) is 71.9 Å². The summed E-state index contributed by atoms with van der Waals surface area (Å²) in [5.74, 6) is -2.28. The number of hydrogen-bond acceptors (Lipinski definition) is 9. The van der Waals surface area contributed by atoms with Crippen molar-refractivity contribution >= 4 is 18.0 Å². The second kappa shape index (κ2) is 13.0. The Labute approximate surface area is 244 Å². The van der Waals surface area contributed by atoms with Crippen molar-refractivity contribution in [2.75, 3.05) is 13.7 Å². The lowest BCUT2D eigenvalue weighted by Crippen LogP contribution is -2.47. The summed E-state index contributed by atoms with van der Waals surface area (Å²) < 4.78 is 23.3. The third-order valence-electron chi connectivity index (χ3n) is 6.68. The first kappa shape index (κ1) is 30.4. The number of hydrogen-bond donors (Lipinski definition) is 0. The van der Waals surface area contributed by atoms with Crippen LogP contribution >= 0.6 is 0 Å². The highest BCUT2D eigenvalue weighted by Crippen LogP contribution is 2.34. The molecule has 3 aromatic rings.